The van der Waals surface area contributed by atoms with E-state index in [4.69, 9.17) is 9.47 Å². The van der Waals surface area contributed by atoms with Crippen LogP contribution in [0, 0.1) is 0 Å². The Balaban J connectivity index is 1.68. The van der Waals surface area contributed by atoms with E-state index in [2.05, 4.69) is 4.99 Å². The monoisotopic (exact) mass is 306 g/mol. The Morgan fingerprint density at radius 3 is 2.43 bits per heavy atom. The highest BCUT2D eigenvalue weighted by molar-refractivity contribution is 5.81. The van der Waals surface area contributed by atoms with E-state index >= 15 is 0 Å². The second-order valence-corrected chi connectivity index (χ2v) is 5.14. The molecule has 0 unspecified atom stereocenters. The number of hydrogen-bond donors (Lipinski definition) is 0. The highest BCUT2D eigenvalue weighted by Crippen LogP contribution is 2.26. The molecule has 0 amide bonds. The molecule has 4 heteroatoms. The van der Waals surface area contributed by atoms with Gasteiger partial charge in [0.25, 0.3) is 0 Å². The normalized spacial score (nSPS) is 10.9. The molecule has 0 saturated carbocycles. The number of nitrogens with zero attached hydrogens (tertiary/aromatic N) is 2. The highest BCUT2D eigenvalue weighted by atomic mass is 16.5. The molecule has 1 aromatic heterocycles. The molecule has 23 heavy (non-hydrogen) atoms. The van der Waals surface area contributed by atoms with Gasteiger partial charge in [-0.3, -0.25) is 4.99 Å². The lowest BCUT2D eigenvalue weighted by atomic mass is 10.3. The molecule has 1 heterocycles. The van der Waals surface area contributed by atoms with Gasteiger partial charge in [-0.15, -0.1) is 0 Å². The summed E-state index contributed by atoms with van der Waals surface area (Å²) in [7, 11) is 3.63. The number of aliphatic imine (C=N–C) groups is 1. The maximum Gasteiger partial charge on any atom is 0.131 e. The summed E-state index contributed by atoms with van der Waals surface area (Å²) in [6, 6.07) is 17.2. The minimum atomic E-state index is 0.741. The summed E-state index contributed by atoms with van der Waals surface area (Å²) >= 11 is 0. The number of aryl methyl sites for hydroxylation is 1. The fourth-order valence-corrected chi connectivity index (χ4v) is 2.15. The van der Waals surface area contributed by atoms with E-state index in [0.29, 0.717) is 0 Å². The first-order chi connectivity index (χ1) is 11.2. The van der Waals surface area contributed by atoms with Crippen molar-refractivity contribution in [2.24, 2.45) is 12.0 Å². The van der Waals surface area contributed by atoms with Crippen LogP contribution < -0.4 is 9.47 Å². The molecule has 0 spiro atoms. The van der Waals surface area contributed by atoms with Crippen molar-refractivity contribution in [3.05, 3.63) is 72.6 Å². The quantitative estimate of drug-likeness (QED) is 0.647. The van der Waals surface area contributed by atoms with Crippen LogP contribution >= 0.6 is 0 Å². The van der Waals surface area contributed by atoms with Crippen LogP contribution in [0.5, 0.6) is 17.2 Å². The Hall–Kier alpha value is -3.01. The van der Waals surface area contributed by atoms with Gasteiger partial charge in [0.05, 0.1) is 12.8 Å². The number of hydrogen-bond acceptors (Lipinski definition) is 3. The van der Waals surface area contributed by atoms with Gasteiger partial charge >= 0.3 is 0 Å². The first-order valence-electron chi connectivity index (χ1n) is 7.31. The Kier molecular flexibility index (Phi) is 4.43. The molecule has 3 rings (SSSR count). The van der Waals surface area contributed by atoms with Crippen LogP contribution in [0.3, 0.4) is 0 Å². The summed E-state index contributed by atoms with van der Waals surface area (Å²) in [5.41, 5.74) is 1.95. The molecular weight excluding hydrogens is 288 g/mol. The second-order valence-electron chi connectivity index (χ2n) is 5.14. The Bertz CT molecular complexity index is 804. The predicted molar refractivity (Wildman–Crippen MR) is 92.2 cm³/mol. The zero-order chi connectivity index (χ0) is 16.1. The zero-order valence-corrected chi connectivity index (χ0v) is 13.1. The van der Waals surface area contributed by atoms with Crippen LogP contribution in [0.4, 0.5) is 5.69 Å². The van der Waals surface area contributed by atoms with E-state index in [0.717, 1.165) is 28.5 Å². The van der Waals surface area contributed by atoms with Crippen molar-refractivity contribution in [3.63, 3.8) is 0 Å². The highest BCUT2D eigenvalue weighted by Gasteiger charge is 1.99. The summed E-state index contributed by atoms with van der Waals surface area (Å²) in [5, 5.41) is 0. The summed E-state index contributed by atoms with van der Waals surface area (Å²) in [6.45, 7) is 0. The van der Waals surface area contributed by atoms with Crippen molar-refractivity contribution < 1.29 is 9.47 Å². The van der Waals surface area contributed by atoms with Gasteiger partial charge in [0.15, 0.2) is 0 Å². The molecular formula is C19H18N2O2. The van der Waals surface area contributed by atoms with E-state index < -0.39 is 0 Å². The van der Waals surface area contributed by atoms with Gasteiger partial charge in [0.2, 0.25) is 0 Å². The van der Waals surface area contributed by atoms with E-state index in [1.54, 1.807) is 7.11 Å². The lowest BCUT2D eigenvalue weighted by Gasteiger charge is -2.07. The van der Waals surface area contributed by atoms with E-state index in [-0.39, 0.29) is 0 Å². The number of aromatic nitrogens is 1. The standard InChI is InChI=1S/C19H18N2O2/c1-21-11-10-15(14-21)13-20-16-6-8-17(9-7-16)23-19-5-3-4-18(12-19)22-2/h3-14H,1-2H3. The van der Waals surface area contributed by atoms with E-state index in [9.17, 15) is 0 Å². The third-order valence-corrected chi connectivity index (χ3v) is 3.33. The van der Waals surface area contributed by atoms with Gasteiger partial charge < -0.3 is 14.0 Å². The van der Waals surface area contributed by atoms with E-state index in [1.165, 1.54) is 0 Å². The molecule has 0 atom stereocenters. The molecule has 4 nitrogen and oxygen atoms in total. The lowest BCUT2D eigenvalue weighted by molar-refractivity contribution is 0.409. The maximum atomic E-state index is 5.81. The van der Waals surface area contributed by atoms with Gasteiger partial charge in [0, 0.05) is 37.3 Å². The van der Waals surface area contributed by atoms with Gasteiger partial charge in [-0.1, -0.05) is 6.07 Å². The predicted octanol–water partition coefficient (Wildman–Crippen LogP) is 4.58. The van der Waals surface area contributed by atoms with Crippen LogP contribution in [0.2, 0.25) is 0 Å². The minimum Gasteiger partial charge on any atom is -0.497 e. The van der Waals surface area contributed by atoms with Crippen LogP contribution in [-0.4, -0.2) is 17.9 Å². The largest absolute Gasteiger partial charge is 0.497 e. The van der Waals surface area contributed by atoms with Crippen LogP contribution in [0.1, 0.15) is 5.56 Å². The number of rotatable bonds is 5. The van der Waals surface area contributed by atoms with Crippen molar-refractivity contribution in [1.82, 2.24) is 4.57 Å². The lowest BCUT2D eigenvalue weighted by Crippen LogP contribution is -1.86. The average Bonchev–Trinajstić information content (AvgIpc) is 3.00. The van der Waals surface area contributed by atoms with Crippen LogP contribution in [0.15, 0.2) is 72.0 Å². The van der Waals surface area contributed by atoms with Gasteiger partial charge in [-0.25, -0.2) is 0 Å². The van der Waals surface area contributed by atoms with E-state index in [1.807, 2.05) is 84.8 Å². The molecule has 116 valence electrons. The molecule has 0 saturated heterocycles. The van der Waals surface area contributed by atoms with Crippen molar-refractivity contribution >= 4 is 11.9 Å². The number of ether oxygens (including phenoxy) is 2. The van der Waals surface area contributed by atoms with Crippen LogP contribution in [-0.2, 0) is 7.05 Å². The summed E-state index contributed by atoms with van der Waals surface area (Å²) in [4.78, 5) is 4.45. The third-order valence-electron chi connectivity index (χ3n) is 3.33. The molecule has 0 bridgehead atoms. The number of benzene rings is 2. The fraction of sp³-hybridized carbons (Fsp3) is 0.105. The average molecular weight is 306 g/mol. The smallest absolute Gasteiger partial charge is 0.131 e. The Labute approximate surface area is 135 Å². The molecule has 0 radical (unpaired) electrons. The number of methoxy groups -OCH3 is 1. The molecule has 0 aliphatic rings. The second kappa shape index (κ2) is 6.83. The molecule has 3 aromatic rings. The SMILES string of the molecule is COc1cccc(Oc2ccc(N=Cc3ccn(C)c3)cc2)c1. The fourth-order valence-electron chi connectivity index (χ4n) is 2.15. The maximum absolute atomic E-state index is 5.81. The molecule has 0 aliphatic heterocycles. The Morgan fingerprint density at radius 1 is 0.957 bits per heavy atom. The molecule has 0 N–H and O–H groups in total. The Morgan fingerprint density at radius 2 is 1.74 bits per heavy atom. The van der Waals surface area contributed by atoms with Gasteiger partial charge in [-0.2, -0.15) is 0 Å². The zero-order valence-electron chi connectivity index (χ0n) is 13.1. The molecule has 0 fully saturated rings. The van der Waals surface area contributed by atoms with Crippen molar-refractivity contribution in [1.29, 1.82) is 0 Å². The van der Waals surface area contributed by atoms with Crippen molar-refractivity contribution in [2.75, 3.05) is 7.11 Å². The van der Waals surface area contributed by atoms with Gasteiger partial charge in [-0.05, 0) is 42.5 Å². The summed E-state index contributed by atoms with van der Waals surface area (Å²) in [6.07, 6.45) is 5.86. The minimum absolute atomic E-state index is 0.741. The van der Waals surface area contributed by atoms with Crippen LogP contribution in [0.25, 0.3) is 0 Å². The topological polar surface area (TPSA) is 35.8 Å². The summed E-state index contributed by atoms with van der Waals surface area (Å²) in [5.74, 6) is 2.27. The van der Waals surface area contributed by atoms with Crippen molar-refractivity contribution in [3.8, 4) is 17.2 Å². The van der Waals surface area contributed by atoms with Gasteiger partial charge in [0.1, 0.15) is 17.2 Å². The first-order valence-corrected chi connectivity index (χ1v) is 7.31. The summed E-state index contributed by atoms with van der Waals surface area (Å²) < 4.78 is 13.0. The first kappa shape index (κ1) is 14.9. The third kappa shape index (κ3) is 4.01. The molecule has 0 aliphatic carbocycles. The van der Waals surface area contributed by atoms with Crippen molar-refractivity contribution in [2.45, 2.75) is 0 Å². The molecule has 2 aromatic carbocycles.